The molecule has 0 spiro atoms. The van der Waals surface area contributed by atoms with E-state index in [4.69, 9.17) is 4.52 Å². The summed E-state index contributed by atoms with van der Waals surface area (Å²) in [6.07, 6.45) is 5.73. The molecule has 2 aromatic heterocycles. The summed E-state index contributed by atoms with van der Waals surface area (Å²) >= 11 is 0. The molecule has 3 rings (SSSR count). The molecule has 2 aromatic rings. The fraction of sp³-hybridized carbons (Fsp3) is 0.471. The second-order valence-electron chi connectivity index (χ2n) is 6.01. The van der Waals surface area contributed by atoms with E-state index >= 15 is 0 Å². The van der Waals surface area contributed by atoms with E-state index in [9.17, 15) is 4.79 Å². The minimum Gasteiger partial charge on any atom is -0.367 e. The predicted octanol–water partition coefficient (Wildman–Crippen LogP) is 2.62. The van der Waals surface area contributed by atoms with Crippen LogP contribution in [0.25, 0.3) is 0 Å². The first kappa shape index (κ1) is 15.5. The molecule has 0 radical (unpaired) electrons. The van der Waals surface area contributed by atoms with Crippen molar-refractivity contribution in [1.29, 1.82) is 0 Å². The third-order valence-corrected chi connectivity index (χ3v) is 4.03. The van der Waals surface area contributed by atoms with Crippen LogP contribution in [0.2, 0.25) is 0 Å². The lowest BCUT2D eigenvalue weighted by atomic mass is 10.1. The molecule has 6 heteroatoms. The van der Waals surface area contributed by atoms with Gasteiger partial charge >= 0.3 is 0 Å². The van der Waals surface area contributed by atoms with Gasteiger partial charge in [0.25, 0.3) is 5.91 Å². The highest BCUT2D eigenvalue weighted by Crippen LogP contribution is 2.23. The Kier molecular flexibility index (Phi) is 4.60. The van der Waals surface area contributed by atoms with Crippen molar-refractivity contribution in [1.82, 2.24) is 15.5 Å². The van der Waals surface area contributed by atoms with Gasteiger partial charge in [0, 0.05) is 24.3 Å². The Morgan fingerprint density at radius 1 is 1.35 bits per heavy atom. The summed E-state index contributed by atoms with van der Waals surface area (Å²) in [5.74, 6) is 1.61. The minimum absolute atomic E-state index is 0.0887. The number of pyridine rings is 1. The first-order valence-electron chi connectivity index (χ1n) is 8.06. The Bertz CT molecular complexity index is 655. The number of carbonyl (C=O) groups is 1. The maximum atomic E-state index is 12.1. The average molecular weight is 314 g/mol. The van der Waals surface area contributed by atoms with E-state index in [1.165, 1.54) is 12.8 Å². The highest BCUT2D eigenvalue weighted by atomic mass is 16.5. The van der Waals surface area contributed by atoms with Gasteiger partial charge in [-0.3, -0.25) is 4.79 Å². The molecule has 0 atom stereocenters. The molecule has 0 aromatic carbocycles. The van der Waals surface area contributed by atoms with Crippen LogP contribution in [0.5, 0.6) is 0 Å². The van der Waals surface area contributed by atoms with Gasteiger partial charge in [-0.1, -0.05) is 5.16 Å². The first-order chi connectivity index (χ1) is 11.1. The van der Waals surface area contributed by atoms with Crippen LogP contribution >= 0.6 is 0 Å². The number of nitrogens with zero attached hydrogens (tertiary/aromatic N) is 2. The number of anilines is 1. The quantitative estimate of drug-likeness (QED) is 0.768. The van der Waals surface area contributed by atoms with Crippen LogP contribution in [0.4, 0.5) is 5.82 Å². The van der Waals surface area contributed by atoms with Crippen LogP contribution < -0.4 is 10.6 Å². The van der Waals surface area contributed by atoms with E-state index in [1.807, 2.05) is 19.9 Å². The molecule has 1 fully saturated rings. The lowest BCUT2D eigenvalue weighted by molar-refractivity contribution is 0.0953. The smallest absolute Gasteiger partial charge is 0.252 e. The molecule has 122 valence electrons. The molecule has 6 nitrogen and oxygen atoms in total. The zero-order valence-electron chi connectivity index (χ0n) is 13.6. The van der Waals surface area contributed by atoms with Crippen molar-refractivity contribution < 1.29 is 9.32 Å². The molecular formula is C17H22N4O2. The van der Waals surface area contributed by atoms with Crippen LogP contribution in [-0.4, -0.2) is 28.6 Å². The molecule has 23 heavy (non-hydrogen) atoms. The van der Waals surface area contributed by atoms with Crippen molar-refractivity contribution in [2.45, 2.75) is 45.6 Å². The number of rotatable bonds is 7. The number of aromatic nitrogens is 2. The molecule has 0 bridgehead atoms. The third-order valence-electron chi connectivity index (χ3n) is 4.03. The molecule has 1 aliphatic rings. The predicted molar refractivity (Wildman–Crippen MR) is 87.5 cm³/mol. The maximum absolute atomic E-state index is 12.1. The van der Waals surface area contributed by atoms with Crippen molar-refractivity contribution in [3.8, 4) is 0 Å². The highest BCUT2D eigenvalue weighted by molar-refractivity contribution is 5.94. The van der Waals surface area contributed by atoms with E-state index in [0.29, 0.717) is 18.2 Å². The number of hydrogen-bond acceptors (Lipinski definition) is 5. The zero-order chi connectivity index (χ0) is 16.2. The molecule has 1 amide bonds. The monoisotopic (exact) mass is 314 g/mol. The Morgan fingerprint density at radius 3 is 2.78 bits per heavy atom. The fourth-order valence-electron chi connectivity index (χ4n) is 2.48. The van der Waals surface area contributed by atoms with E-state index in [-0.39, 0.29) is 5.91 Å². The molecule has 0 aliphatic heterocycles. The number of hydrogen-bond donors (Lipinski definition) is 2. The molecule has 1 aliphatic carbocycles. The Labute approximate surface area is 135 Å². The van der Waals surface area contributed by atoms with Crippen molar-refractivity contribution in [3.05, 3.63) is 40.9 Å². The Hall–Kier alpha value is -2.37. The van der Waals surface area contributed by atoms with Crippen LogP contribution in [0.3, 0.4) is 0 Å². The van der Waals surface area contributed by atoms with Crippen molar-refractivity contribution in [2.24, 2.45) is 0 Å². The fourth-order valence-corrected chi connectivity index (χ4v) is 2.48. The van der Waals surface area contributed by atoms with Crippen molar-refractivity contribution in [2.75, 3.05) is 11.9 Å². The van der Waals surface area contributed by atoms with E-state index in [2.05, 4.69) is 20.8 Å². The molecular weight excluding hydrogens is 292 g/mol. The van der Waals surface area contributed by atoms with Crippen LogP contribution in [0, 0.1) is 13.8 Å². The van der Waals surface area contributed by atoms with Gasteiger partial charge in [-0.05, 0) is 51.7 Å². The standard InChI is InChI=1S/C17H22N4O2/c1-11-15(12(2)23-21-11)4-3-9-18-17(22)13-5-8-16(19-10-13)20-14-6-7-14/h5,8,10,14H,3-4,6-7,9H2,1-2H3,(H,18,22)(H,19,20). The third kappa shape index (κ3) is 4.09. The first-order valence-corrected chi connectivity index (χ1v) is 8.06. The van der Waals surface area contributed by atoms with Gasteiger partial charge in [0.05, 0.1) is 11.3 Å². The van der Waals surface area contributed by atoms with E-state index in [1.54, 1.807) is 12.3 Å². The molecule has 2 N–H and O–H groups in total. The van der Waals surface area contributed by atoms with Gasteiger partial charge < -0.3 is 15.2 Å². The Morgan fingerprint density at radius 2 is 2.17 bits per heavy atom. The summed E-state index contributed by atoms with van der Waals surface area (Å²) < 4.78 is 5.13. The second-order valence-corrected chi connectivity index (χ2v) is 6.01. The van der Waals surface area contributed by atoms with Crippen LogP contribution in [0.1, 0.15) is 46.6 Å². The van der Waals surface area contributed by atoms with Crippen molar-refractivity contribution >= 4 is 11.7 Å². The summed E-state index contributed by atoms with van der Waals surface area (Å²) in [5, 5.41) is 10.2. The summed E-state index contributed by atoms with van der Waals surface area (Å²) in [4.78, 5) is 16.4. The van der Waals surface area contributed by atoms with E-state index < -0.39 is 0 Å². The molecule has 1 saturated carbocycles. The topological polar surface area (TPSA) is 80.0 Å². The van der Waals surface area contributed by atoms with Gasteiger partial charge in [-0.2, -0.15) is 0 Å². The van der Waals surface area contributed by atoms with Crippen molar-refractivity contribution in [3.63, 3.8) is 0 Å². The van der Waals surface area contributed by atoms with Gasteiger partial charge in [0.15, 0.2) is 0 Å². The van der Waals surface area contributed by atoms with E-state index in [0.717, 1.165) is 35.7 Å². The molecule has 2 heterocycles. The summed E-state index contributed by atoms with van der Waals surface area (Å²) in [6.45, 7) is 4.47. The summed E-state index contributed by atoms with van der Waals surface area (Å²) in [5.41, 5.74) is 2.65. The minimum atomic E-state index is -0.0887. The second kappa shape index (κ2) is 6.81. The number of aryl methyl sites for hydroxylation is 2. The molecule has 0 saturated heterocycles. The Balaban J connectivity index is 1.43. The maximum Gasteiger partial charge on any atom is 0.252 e. The number of nitrogens with one attached hydrogen (secondary N) is 2. The van der Waals surface area contributed by atoms with Gasteiger partial charge in [0.2, 0.25) is 0 Å². The van der Waals surface area contributed by atoms with Gasteiger partial charge in [0.1, 0.15) is 11.6 Å². The average Bonchev–Trinajstić information content (AvgIpc) is 3.31. The van der Waals surface area contributed by atoms with Crippen LogP contribution in [0.15, 0.2) is 22.9 Å². The van der Waals surface area contributed by atoms with Gasteiger partial charge in [-0.15, -0.1) is 0 Å². The summed E-state index contributed by atoms with van der Waals surface area (Å²) in [6, 6.07) is 4.23. The van der Waals surface area contributed by atoms with Gasteiger partial charge in [-0.25, -0.2) is 4.98 Å². The van der Waals surface area contributed by atoms with Crippen LogP contribution in [-0.2, 0) is 6.42 Å². The summed E-state index contributed by atoms with van der Waals surface area (Å²) in [7, 11) is 0. The lowest BCUT2D eigenvalue weighted by Gasteiger charge is -2.07. The highest BCUT2D eigenvalue weighted by Gasteiger charge is 2.21. The molecule has 0 unspecified atom stereocenters. The normalized spacial score (nSPS) is 13.8. The number of carbonyl (C=O) groups excluding carboxylic acids is 1. The lowest BCUT2D eigenvalue weighted by Crippen LogP contribution is -2.25. The zero-order valence-corrected chi connectivity index (χ0v) is 13.6. The SMILES string of the molecule is Cc1noc(C)c1CCCNC(=O)c1ccc(NC2CC2)nc1. The number of amides is 1. The largest absolute Gasteiger partial charge is 0.367 e.